The molecule has 0 aliphatic heterocycles. The van der Waals surface area contributed by atoms with E-state index in [0.29, 0.717) is 6.54 Å². The van der Waals surface area contributed by atoms with Gasteiger partial charge in [-0.1, -0.05) is 32.1 Å². The van der Waals surface area contributed by atoms with Crippen molar-refractivity contribution in [3.8, 4) is 12.3 Å². The van der Waals surface area contributed by atoms with Crippen molar-refractivity contribution in [1.29, 1.82) is 0 Å². The molecule has 3 heteroatoms. The number of hydrogen-bond donors (Lipinski definition) is 1. The van der Waals surface area contributed by atoms with Gasteiger partial charge in [0.15, 0.2) is 0 Å². The van der Waals surface area contributed by atoms with Crippen LogP contribution < -0.4 is 5.32 Å². The maximum atomic E-state index is 11.6. The van der Waals surface area contributed by atoms with Crippen LogP contribution in [0.3, 0.4) is 0 Å². The lowest BCUT2D eigenvalue weighted by Gasteiger charge is -2.27. The first-order valence-electron chi connectivity index (χ1n) is 5.37. The Bertz CT molecular complexity index is 232. The van der Waals surface area contributed by atoms with E-state index in [-0.39, 0.29) is 5.97 Å². The van der Waals surface area contributed by atoms with Crippen LogP contribution in [0, 0.1) is 12.3 Å². The maximum Gasteiger partial charge on any atom is 0.325 e. The Balaban J connectivity index is 4.28. The molecule has 0 rings (SSSR count). The summed E-state index contributed by atoms with van der Waals surface area (Å²) in [7, 11) is 1.40. The lowest BCUT2D eigenvalue weighted by atomic mass is 9.94. The minimum Gasteiger partial charge on any atom is -0.468 e. The van der Waals surface area contributed by atoms with Crippen molar-refractivity contribution in [3.05, 3.63) is 0 Å². The average molecular weight is 211 g/mol. The average Bonchev–Trinajstić information content (AvgIpc) is 2.25. The second-order valence-corrected chi connectivity index (χ2v) is 3.84. The highest BCUT2D eigenvalue weighted by molar-refractivity contribution is 5.80. The molecule has 0 amide bonds. The molecule has 0 fully saturated rings. The van der Waals surface area contributed by atoms with Gasteiger partial charge in [-0.3, -0.25) is 10.1 Å². The van der Waals surface area contributed by atoms with E-state index in [0.717, 1.165) is 25.7 Å². The Morgan fingerprint density at radius 2 is 2.20 bits per heavy atom. The molecule has 0 aromatic heterocycles. The van der Waals surface area contributed by atoms with Gasteiger partial charge in [0, 0.05) is 0 Å². The first-order valence-corrected chi connectivity index (χ1v) is 5.37. The summed E-state index contributed by atoms with van der Waals surface area (Å²) < 4.78 is 4.77. The summed E-state index contributed by atoms with van der Waals surface area (Å²) in [6, 6.07) is 0. The quantitative estimate of drug-likeness (QED) is 0.396. The summed E-state index contributed by atoms with van der Waals surface area (Å²) in [5, 5.41) is 3.04. The van der Waals surface area contributed by atoms with Gasteiger partial charge in [0.2, 0.25) is 0 Å². The smallest absolute Gasteiger partial charge is 0.325 e. The molecule has 3 nitrogen and oxygen atoms in total. The highest BCUT2D eigenvalue weighted by atomic mass is 16.5. The van der Waals surface area contributed by atoms with Crippen LogP contribution in [0.15, 0.2) is 0 Å². The van der Waals surface area contributed by atoms with Crippen LogP contribution in [0.5, 0.6) is 0 Å². The molecule has 0 bridgehead atoms. The number of ether oxygens (including phenoxy) is 1. The largest absolute Gasteiger partial charge is 0.468 e. The summed E-state index contributed by atoms with van der Waals surface area (Å²) >= 11 is 0. The van der Waals surface area contributed by atoms with Crippen LogP contribution in [0.25, 0.3) is 0 Å². The second kappa shape index (κ2) is 7.30. The number of carbonyl (C=O) groups is 1. The second-order valence-electron chi connectivity index (χ2n) is 3.84. The van der Waals surface area contributed by atoms with E-state index in [1.807, 2.05) is 6.92 Å². The first kappa shape index (κ1) is 14.0. The number of unbranched alkanes of at least 4 members (excludes halogenated alkanes) is 2. The standard InChI is InChI=1S/C12H21NO2/c1-5-7-8-9-12(3,11(14)15-4)13-10-6-2/h2,13H,5,7-10H2,1,3-4H3. The third-order valence-electron chi connectivity index (χ3n) is 2.50. The summed E-state index contributed by atoms with van der Waals surface area (Å²) in [4.78, 5) is 11.6. The van der Waals surface area contributed by atoms with Gasteiger partial charge in [-0.15, -0.1) is 6.42 Å². The highest BCUT2D eigenvalue weighted by Crippen LogP contribution is 2.16. The lowest BCUT2D eigenvalue weighted by Crippen LogP contribution is -2.50. The summed E-state index contributed by atoms with van der Waals surface area (Å²) in [6.45, 7) is 4.36. The van der Waals surface area contributed by atoms with Crippen LogP contribution in [-0.2, 0) is 9.53 Å². The van der Waals surface area contributed by atoms with Gasteiger partial charge < -0.3 is 4.74 Å². The molecule has 0 saturated heterocycles. The number of hydrogen-bond acceptors (Lipinski definition) is 3. The van der Waals surface area contributed by atoms with Crippen LogP contribution in [0.1, 0.15) is 39.5 Å². The van der Waals surface area contributed by atoms with E-state index < -0.39 is 5.54 Å². The molecular formula is C12H21NO2. The minimum atomic E-state index is -0.643. The number of carbonyl (C=O) groups excluding carboxylic acids is 1. The van der Waals surface area contributed by atoms with Gasteiger partial charge in [-0.2, -0.15) is 0 Å². The first-order chi connectivity index (χ1) is 7.10. The minimum absolute atomic E-state index is 0.242. The van der Waals surface area contributed by atoms with E-state index in [9.17, 15) is 4.79 Å². The Morgan fingerprint density at radius 1 is 1.53 bits per heavy atom. The molecule has 15 heavy (non-hydrogen) atoms. The van der Waals surface area contributed by atoms with Crippen LogP contribution in [0.4, 0.5) is 0 Å². The molecule has 0 saturated carbocycles. The molecule has 1 atom stereocenters. The Kier molecular flexibility index (Phi) is 6.81. The van der Waals surface area contributed by atoms with E-state index in [1.165, 1.54) is 7.11 Å². The molecule has 0 spiro atoms. The van der Waals surface area contributed by atoms with E-state index >= 15 is 0 Å². The van der Waals surface area contributed by atoms with Crippen molar-refractivity contribution in [2.75, 3.05) is 13.7 Å². The van der Waals surface area contributed by atoms with Crippen molar-refractivity contribution in [2.24, 2.45) is 0 Å². The fourth-order valence-electron chi connectivity index (χ4n) is 1.46. The van der Waals surface area contributed by atoms with Crippen molar-refractivity contribution in [3.63, 3.8) is 0 Å². The van der Waals surface area contributed by atoms with Gasteiger partial charge in [-0.05, 0) is 13.3 Å². The zero-order valence-electron chi connectivity index (χ0n) is 9.93. The number of rotatable bonds is 7. The van der Waals surface area contributed by atoms with Crippen LogP contribution in [-0.4, -0.2) is 25.2 Å². The fourth-order valence-corrected chi connectivity index (χ4v) is 1.46. The summed E-state index contributed by atoms with van der Waals surface area (Å²) in [5.74, 6) is 2.23. The highest BCUT2D eigenvalue weighted by Gasteiger charge is 2.32. The number of nitrogens with one attached hydrogen (secondary N) is 1. The molecular weight excluding hydrogens is 190 g/mol. The number of terminal acetylenes is 1. The lowest BCUT2D eigenvalue weighted by molar-refractivity contribution is -0.148. The van der Waals surface area contributed by atoms with Crippen molar-refractivity contribution >= 4 is 5.97 Å². The predicted molar refractivity (Wildman–Crippen MR) is 61.4 cm³/mol. The summed E-state index contributed by atoms with van der Waals surface area (Å²) in [5.41, 5.74) is -0.643. The Hall–Kier alpha value is -1.01. The number of esters is 1. The van der Waals surface area contributed by atoms with Crippen LogP contribution in [0.2, 0.25) is 0 Å². The van der Waals surface area contributed by atoms with Gasteiger partial charge in [0.25, 0.3) is 0 Å². The van der Waals surface area contributed by atoms with E-state index in [4.69, 9.17) is 11.2 Å². The molecule has 0 radical (unpaired) electrons. The molecule has 0 heterocycles. The van der Waals surface area contributed by atoms with Crippen molar-refractivity contribution in [2.45, 2.75) is 45.1 Å². The zero-order valence-corrected chi connectivity index (χ0v) is 9.93. The third kappa shape index (κ3) is 4.85. The molecule has 1 unspecified atom stereocenters. The van der Waals surface area contributed by atoms with Gasteiger partial charge in [-0.25, -0.2) is 0 Å². The van der Waals surface area contributed by atoms with E-state index in [2.05, 4.69) is 18.2 Å². The molecule has 0 aromatic carbocycles. The molecule has 0 aliphatic carbocycles. The normalized spacial score (nSPS) is 14.0. The fraction of sp³-hybridized carbons (Fsp3) is 0.750. The monoisotopic (exact) mass is 211 g/mol. The molecule has 1 N–H and O–H groups in total. The van der Waals surface area contributed by atoms with Crippen molar-refractivity contribution < 1.29 is 9.53 Å². The van der Waals surface area contributed by atoms with Gasteiger partial charge >= 0.3 is 5.97 Å². The zero-order chi connectivity index (χ0) is 11.7. The van der Waals surface area contributed by atoms with Crippen molar-refractivity contribution in [1.82, 2.24) is 5.32 Å². The topological polar surface area (TPSA) is 38.3 Å². The van der Waals surface area contributed by atoms with Gasteiger partial charge in [0.05, 0.1) is 13.7 Å². The summed E-state index contributed by atoms with van der Waals surface area (Å²) in [6.07, 6.45) is 9.17. The van der Waals surface area contributed by atoms with Gasteiger partial charge in [0.1, 0.15) is 5.54 Å². The Morgan fingerprint density at radius 3 is 2.67 bits per heavy atom. The van der Waals surface area contributed by atoms with E-state index in [1.54, 1.807) is 0 Å². The molecule has 0 aromatic rings. The number of methoxy groups -OCH3 is 1. The van der Waals surface area contributed by atoms with Crippen LogP contribution >= 0.6 is 0 Å². The third-order valence-corrected chi connectivity index (χ3v) is 2.50. The predicted octanol–water partition coefficient (Wildman–Crippen LogP) is 1.72. The maximum absolute atomic E-state index is 11.6. The molecule has 0 aliphatic rings. The Labute approximate surface area is 92.6 Å². The SMILES string of the molecule is C#CCNC(C)(CCCCC)C(=O)OC. The molecule has 86 valence electrons.